The monoisotopic (exact) mass is 165 g/mol. The van der Waals surface area contributed by atoms with E-state index in [4.69, 9.17) is 11.5 Å². The Labute approximate surface area is 72.8 Å². The topological polar surface area (TPSA) is 64.1 Å². The van der Waals surface area contributed by atoms with Gasteiger partial charge in [0.05, 0.1) is 6.17 Å². The number of hydrogen-bond donors (Lipinski definition) is 3. The van der Waals surface area contributed by atoms with Gasteiger partial charge in [-0.25, -0.2) is 0 Å². The third-order valence-corrected chi connectivity index (χ3v) is 1.75. The molecule has 1 rings (SSSR count). The van der Waals surface area contributed by atoms with Gasteiger partial charge in [-0.05, 0) is 18.2 Å². The van der Waals surface area contributed by atoms with Gasteiger partial charge in [0.15, 0.2) is 0 Å². The summed E-state index contributed by atoms with van der Waals surface area (Å²) < 4.78 is 0. The molecule has 0 atom stereocenters. The highest BCUT2D eigenvalue weighted by atomic mass is 14.8. The van der Waals surface area contributed by atoms with E-state index in [-0.39, 0.29) is 6.17 Å². The lowest BCUT2D eigenvalue weighted by Gasteiger charge is -2.06. The van der Waals surface area contributed by atoms with Crippen molar-refractivity contribution >= 4 is 0 Å². The minimum Gasteiger partial charge on any atom is -0.316 e. The smallest absolute Gasteiger partial charge is 0.0784 e. The van der Waals surface area contributed by atoms with Gasteiger partial charge in [0.2, 0.25) is 0 Å². The van der Waals surface area contributed by atoms with Gasteiger partial charge in [0.1, 0.15) is 0 Å². The summed E-state index contributed by atoms with van der Waals surface area (Å²) in [6.45, 7) is 0.875. The van der Waals surface area contributed by atoms with E-state index in [1.165, 1.54) is 5.56 Å². The molecule has 0 bridgehead atoms. The molecular formula is C9H15N3. The molecule has 0 heterocycles. The van der Waals surface area contributed by atoms with Crippen LogP contribution in [0.4, 0.5) is 0 Å². The predicted octanol–water partition coefficient (Wildman–Crippen LogP) is 0.322. The third kappa shape index (κ3) is 2.30. The Kier molecular flexibility index (Phi) is 3.22. The van der Waals surface area contributed by atoms with Crippen molar-refractivity contribution in [2.45, 2.75) is 12.7 Å². The molecule has 0 amide bonds. The first-order chi connectivity index (χ1) is 5.74. The second-order valence-electron chi connectivity index (χ2n) is 2.80. The van der Waals surface area contributed by atoms with Crippen LogP contribution in [-0.4, -0.2) is 7.05 Å². The van der Waals surface area contributed by atoms with Gasteiger partial charge in [-0.3, -0.25) is 0 Å². The normalized spacial score (nSPS) is 10.7. The molecule has 0 spiro atoms. The molecule has 12 heavy (non-hydrogen) atoms. The summed E-state index contributed by atoms with van der Waals surface area (Å²) in [7, 11) is 1.92. The highest BCUT2D eigenvalue weighted by Gasteiger charge is 1.97. The van der Waals surface area contributed by atoms with Crippen molar-refractivity contribution in [3.8, 4) is 0 Å². The summed E-state index contributed by atoms with van der Waals surface area (Å²) >= 11 is 0. The van der Waals surface area contributed by atoms with E-state index in [0.717, 1.165) is 12.1 Å². The van der Waals surface area contributed by atoms with Gasteiger partial charge >= 0.3 is 0 Å². The number of hydrogen-bond acceptors (Lipinski definition) is 3. The van der Waals surface area contributed by atoms with E-state index in [1.807, 2.05) is 31.3 Å². The Hall–Kier alpha value is -0.900. The molecule has 0 saturated heterocycles. The van der Waals surface area contributed by atoms with Gasteiger partial charge in [-0.1, -0.05) is 24.3 Å². The van der Waals surface area contributed by atoms with Crippen molar-refractivity contribution in [1.82, 2.24) is 5.32 Å². The van der Waals surface area contributed by atoms with Gasteiger partial charge in [-0.2, -0.15) is 0 Å². The first-order valence-corrected chi connectivity index (χ1v) is 3.98. The largest absolute Gasteiger partial charge is 0.316 e. The first-order valence-electron chi connectivity index (χ1n) is 3.98. The molecule has 0 fully saturated rings. The SMILES string of the molecule is CNCc1ccc(C(N)N)cc1. The molecule has 3 heteroatoms. The molecule has 0 aliphatic heterocycles. The zero-order valence-corrected chi connectivity index (χ0v) is 7.25. The zero-order chi connectivity index (χ0) is 8.97. The Morgan fingerprint density at radius 3 is 2.25 bits per heavy atom. The number of benzene rings is 1. The lowest BCUT2D eigenvalue weighted by atomic mass is 10.1. The van der Waals surface area contributed by atoms with Crippen molar-refractivity contribution in [1.29, 1.82) is 0 Å². The van der Waals surface area contributed by atoms with Crippen LogP contribution in [0.5, 0.6) is 0 Å². The third-order valence-electron chi connectivity index (χ3n) is 1.75. The minimum absolute atomic E-state index is 0.367. The van der Waals surface area contributed by atoms with Crippen LogP contribution in [0.1, 0.15) is 17.3 Å². The van der Waals surface area contributed by atoms with Crippen LogP contribution in [-0.2, 0) is 6.54 Å². The van der Waals surface area contributed by atoms with E-state index >= 15 is 0 Å². The summed E-state index contributed by atoms with van der Waals surface area (Å²) in [5.74, 6) is 0. The number of rotatable bonds is 3. The van der Waals surface area contributed by atoms with Crippen LogP contribution in [0, 0.1) is 0 Å². The molecule has 1 aromatic rings. The Morgan fingerprint density at radius 2 is 1.83 bits per heavy atom. The summed E-state index contributed by atoms with van der Waals surface area (Å²) in [6, 6.07) is 7.96. The maximum atomic E-state index is 5.50. The van der Waals surface area contributed by atoms with E-state index in [0.29, 0.717) is 0 Å². The van der Waals surface area contributed by atoms with Crippen LogP contribution in [0.25, 0.3) is 0 Å². The molecule has 0 aliphatic rings. The highest BCUT2D eigenvalue weighted by Crippen LogP contribution is 2.07. The standard InChI is InChI=1S/C9H15N3/c1-12-6-7-2-4-8(5-3-7)9(10)11/h2-5,9,12H,6,10-11H2,1H3. The second-order valence-corrected chi connectivity index (χ2v) is 2.80. The van der Waals surface area contributed by atoms with Crippen molar-refractivity contribution in [3.63, 3.8) is 0 Å². The summed E-state index contributed by atoms with van der Waals surface area (Å²) in [6.07, 6.45) is -0.367. The molecule has 0 aromatic heterocycles. The van der Waals surface area contributed by atoms with Crippen LogP contribution in [0.3, 0.4) is 0 Å². The van der Waals surface area contributed by atoms with E-state index in [9.17, 15) is 0 Å². The summed E-state index contributed by atoms with van der Waals surface area (Å²) in [5, 5.41) is 3.07. The van der Waals surface area contributed by atoms with Crippen molar-refractivity contribution < 1.29 is 0 Å². The first kappa shape index (κ1) is 9.19. The molecule has 66 valence electrons. The number of nitrogens with one attached hydrogen (secondary N) is 1. The molecular weight excluding hydrogens is 150 g/mol. The Balaban J connectivity index is 2.71. The van der Waals surface area contributed by atoms with Crippen molar-refractivity contribution in [2.75, 3.05) is 7.05 Å². The molecule has 1 aromatic carbocycles. The average molecular weight is 165 g/mol. The van der Waals surface area contributed by atoms with Crippen molar-refractivity contribution in [3.05, 3.63) is 35.4 Å². The Bertz CT molecular complexity index is 228. The van der Waals surface area contributed by atoms with Gasteiger partial charge < -0.3 is 16.8 Å². The maximum absolute atomic E-state index is 5.50. The zero-order valence-electron chi connectivity index (χ0n) is 7.25. The average Bonchev–Trinajstić information content (AvgIpc) is 2.06. The van der Waals surface area contributed by atoms with Gasteiger partial charge in [0.25, 0.3) is 0 Å². The molecule has 0 radical (unpaired) electrons. The van der Waals surface area contributed by atoms with E-state index < -0.39 is 0 Å². The lowest BCUT2D eigenvalue weighted by Crippen LogP contribution is -2.19. The van der Waals surface area contributed by atoms with Gasteiger partial charge in [-0.15, -0.1) is 0 Å². The lowest BCUT2D eigenvalue weighted by molar-refractivity contribution is 0.769. The quantitative estimate of drug-likeness (QED) is 0.565. The van der Waals surface area contributed by atoms with Crippen molar-refractivity contribution in [2.24, 2.45) is 11.5 Å². The second kappa shape index (κ2) is 4.21. The molecule has 5 N–H and O–H groups in total. The molecule has 0 unspecified atom stereocenters. The fourth-order valence-corrected chi connectivity index (χ4v) is 1.06. The molecule has 3 nitrogen and oxygen atoms in total. The van der Waals surface area contributed by atoms with Crippen LogP contribution in [0.15, 0.2) is 24.3 Å². The van der Waals surface area contributed by atoms with Gasteiger partial charge in [0, 0.05) is 6.54 Å². The summed E-state index contributed by atoms with van der Waals surface area (Å²) in [5.41, 5.74) is 13.2. The minimum atomic E-state index is -0.367. The number of nitrogens with two attached hydrogens (primary N) is 2. The molecule has 0 aliphatic carbocycles. The highest BCUT2D eigenvalue weighted by molar-refractivity contribution is 5.24. The van der Waals surface area contributed by atoms with Crippen LogP contribution < -0.4 is 16.8 Å². The van der Waals surface area contributed by atoms with E-state index in [2.05, 4.69) is 5.32 Å². The maximum Gasteiger partial charge on any atom is 0.0784 e. The van der Waals surface area contributed by atoms with E-state index in [1.54, 1.807) is 0 Å². The Morgan fingerprint density at radius 1 is 1.25 bits per heavy atom. The van der Waals surface area contributed by atoms with Crippen LogP contribution in [0.2, 0.25) is 0 Å². The van der Waals surface area contributed by atoms with Crippen LogP contribution >= 0.6 is 0 Å². The summed E-state index contributed by atoms with van der Waals surface area (Å²) in [4.78, 5) is 0. The fraction of sp³-hybridized carbons (Fsp3) is 0.333. The molecule has 0 saturated carbocycles. The fourth-order valence-electron chi connectivity index (χ4n) is 1.06. The predicted molar refractivity (Wildman–Crippen MR) is 50.3 cm³/mol.